The van der Waals surface area contributed by atoms with E-state index in [1.807, 2.05) is 0 Å². The number of nitrogens with one attached hydrogen (secondary N) is 1. The van der Waals surface area contributed by atoms with Crippen LogP contribution in [0.1, 0.15) is 19.6 Å². The first kappa shape index (κ1) is 59.2. The molecular weight excluding hydrogens is 1150 g/mol. The Hall–Kier alpha value is -8.70. The van der Waals surface area contributed by atoms with Crippen LogP contribution in [0.2, 0.25) is 0 Å². The van der Waals surface area contributed by atoms with Crippen LogP contribution in [0.25, 0.3) is 21.5 Å². The third-order valence-corrected chi connectivity index (χ3v) is 13.4. The van der Waals surface area contributed by atoms with Crippen LogP contribution in [-0.4, -0.2) is 93.2 Å². The first-order valence-corrected chi connectivity index (χ1v) is 25.8. The van der Waals surface area contributed by atoms with E-state index in [0.717, 1.165) is 17.7 Å². The molecule has 0 spiro atoms. The number of hydrogen-bond acceptors (Lipinski definition) is 24. The molecule has 77 heavy (non-hydrogen) atoms. The van der Waals surface area contributed by atoms with E-state index < -0.39 is 133 Å². The number of carbonyl (C=O) groups excluding carboxylic acids is 1. The topological polar surface area (TPSA) is 508 Å². The molecule has 31 nitrogen and oxygen atoms in total. The third-order valence-electron chi connectivity index (χ3n) is 9.95. The molecule has 1 amide bonds. The van der Waals surface area contributed by atoms with Gasteiger partial charge >= 0.3 is 12.8 Å². The van der Waals surface area contributed by atoms with Gasteiger partial charge in [0.1, 0.15) is 53.8 Å². The minimum atomic E-state index is -5.18. The van der Waals surface area contributed by atoms with Gasteiger partial charge in [0.15, 0.2) is 17.2 Å². The van der Waals surface area contributed by atoms with Gasteiger partial charge in [0, 0.05) is 58.9 Å². The molecule has 0 heterocycles. The number of aromatic hydroxyl groups is 5. The molecule has 0 unspecified atom stereocenters. The average molecular weight is 1190 g/mol. The van der Waals surface area contributed by atoms with E-state index >= 15 is 0 Å². The number of fused-ring (bicyclic) bond motifs is 2. The Kier molecular flexibility index (Phi) is 17.1. The average Bonchev–Trinajstić information content (AvgIpc) is 3.30. The molecule has 0 bridgehead atoms. The normalized spacial score (nSPS) is 12.2. The predicted octanol–water partition coefficient (Wildman–Crippen LogP) is 9.08. The van der Waals surface area contributed by atoms with Gasteiger partial charge < -0.3 is 30.8 Å². The Morgan fingerprint density at radius 1 is 0.532 bits per heavy atom. The van der Waals surface area contributed by atoms with Crippen LogP contribution in [0.15, 0.2) is 141 Å². The zero-order valence-corrected chi connectivity index (χ0v) is 42.7. The summed E-state index contributed by atoms with van der Waals surface area (Å²) in [7, 11) is -20.3. The van der Waals surface area contributed by atoms with E-state index in [1.54, 1.807) is 19.1 Å². The number of benzene rings is 7. The van der Waals surface area contributed by atoms with Gasteiger partial charge in [-0.3, -0.25) is 43.2 Å². The second kappa shape index (κ2) is 22.3. The quantitative estimate of drug-likeness (QED) is 0.0222. The number of amides is 1. The Morgan fingerprint density at radius 3 is 1.53 bits per heavy atom. The number of hydrogen-bond donors (Lipinski definition) is 10. The third kappa shape index (κ3) is 13.6. The Balaban J connectivity index is 0.00000151. The smallest absolute Gasteiger partial charge is 0.506 e. The summed E-state index contributed by atoms with van der Waals surface area (Å²) < 4.78 is 132. The molecule has 7 aromatic rings. The number of nitro groups is 2. The molecule has 10 N–H and O–H groups in total. The molecule has 36 heteroatoms. The molecule has 0 atom stereocenters. The summed E-state index contributed by atoms with van der Waals surface area (Å²) in [4.78, 5) is 27.2. The number of phenolic OH excluding ortho intramolecular Hbond substituents is 5. The van der Waals surface area contributed by atoms with E-state index in [4.69, 9.17) is 0 Å². The van der Waals surface area contributed by atoms with E-state index in [-0.39, 0.29) is 68.9 Å². The predicted molar refractivity (Wildman–Crippen MR) is 265 cm³/mol. The van der Waals surface area contributed by atoms with Crippen molar-refractivity contribution in [3.63, 3.8) is 0 Å². The Morgan fingerprint density at radius 2 is 1.04 bits per heavy atom. The molecule has 0 saturated heterocycles. The van der Waals surface area contributed by atoms with E-state index in [9.17, 15) is 102 Å². The molecule has 0 fully saturated rings. The van der Waals surface area contributed by atoms with Gasteiger partial charge in [-0.15, -0.1) is 25.6 Å². The number of azo groups is 3. The Bertz CT molecular complexity index is 4250. The first-order chi connectivity index (χ1) is 35.1. The first-order valence-electron chi connectivity index (χ1n) is 20.0. The van der Waals surface area contributed by atoms with Crippen molar-refractivity contribution in [2.75, 3.05) is 5.32 Å². The summed E-state index contributed by atoms with van der Waals surface area (Å²) in [6.45, 7) is 2.99. The summed E-state index contributed by atoms with van der Waals surface area (Å²) in [6.07, 6.45) is 0. The summed E-state index contributed by atoms with van der Waals surface area (Å²) in [5.41, 5.74) is -4.38. The van der Waals surface area contributed by atoms with Gasteiger partial charge in [0.2, 0.25) is 11.7 Å². The SMILES string of the molecule is CC(=O)Nc1ccc2cc(S(=O)(=O)O)c(N=Nc3cc(S(=O)(=O)O)cc([N+](=O)[O-])c3O)c(O)c2c1.Cc1ccc(O)c(N=Nc2ccc3cc(S(=O)(=O)O)c(N=Nc4cc([N+](=O)[O-])cc(S(=O)(=O)O)c4O)c(O)c3c2)c1.[Cr].[H+].[H+].[H+].[H+].[H+]. The maximum absolute atomic E-state index is 12.1. The second-order valence-corrected chi connectivity index (χ2v) is 20.9. The number of nitro benzene ring substituents is 2. The van der Waals surface area contributed by atoms with Gasteiger partial charge in [-0.1, -0.05) is 18.2 Å². The summed E-state index contributed by atoms with van der Waals surface area (Å²) in [5, 5.41) is 98.4. The van der Waals surface area contributed by atoms with Crippen LogP contribution in [0.4, 0.5) is 51.2 Å². The molecule has 0 radical (unpaired) electrons. The second-order valence-electron chi connectivity index (χ2n) is 15.3. The summed E-state index contributed by atoms with van der Waals surface area (Å²) in [5.74, 6) is -4.77. The fourth-order valence-corrected chi connectivity index (χ4v) is 8.99. The monoisotopic (exact) mass is 1190 g/mol. The molecule has 402 valence electrons. The van der Waals surface area contributed by atoms with Gasteiger partial charge in [-0.25, -0.2) is 0 Å². The van der Waals surface area contributed by atoms with Crippen molar-refractivity contribution in [3.05, 3.63) is 117 Å². The molecule has 7 aromatic carbocycles. The van der Waals surface area contributed by atoms with E-state index in [1.165, 1.54) is 49.4 Å². The largest absolute Gasteiger partial charge is 1.00 e. The van der Waals surface area contributed by atoms with Crippen molar-refractivity contribution in [2.24, 2.45) is 30.7 Å². The number of phenols is 5. The number of non-ortho nitro benzene ring substituents is 1. The van der Waals surface area contributed by atoms with Gasteiger partial charge in [-0.2, -0.15) is 38.8 Å². The number of carbonyl (C=O) groups is 1. The number of anilines is 1. The molecule has 7 rings (SSSR count). The maximum Gasteiger partial charge on any atom is 1.00 e. The standard InChI is InChI=1S/C23H17N5O11S2.C18H14N4O11S2.Cr/c1-11-2-5-18(29)16(6-11)25-24-13-4-3-12-7-19(40(34,35)36)21(22(30)15(12)8-13)27-26-17-9-14(28(32)33)10-20(23(17)31)41(37,38)39;1-8(23)19-10-3-2-9-4-15(35(31,32)33)16(17(24)12(9)5-10)21-20-13-6-11(34(28,29)30)7-14(18(13)25)22(26)27;/h2-10,29-31H,1H3,(H,34,35,36)(H,37,38,39);2-7,24-25H,1H3,(H,19,23)(H,28,29,30)(H,31,32,33);/p+5. The molecule has 0 aliphatic rings. The molecule has 0 saturated carbocycles. The minimum Gasteiger partial charge on any atom is -0.506 e. The molecular formula is C41H36CrN9O22S4+5. The zero-order valence-electron chi connectivity index (χ0n) is 43.1. The minimum absolute atomic E-state index is 0. The molecule has 0 aliphatic heterocycles. The molecule has 0 aromatic heterocycles. The van der Waals surface area contributed by atoms with Crippen LogP contribution in [0.5, 0.6) is 28.7 Å². The summed E-state index contributed by atoms with van der Waals surface area (Å²) in [6, 6.07) is 16.2. The van der Waals surface area contributed by atoms with Crippen LogP contribution in [0, 0.1) is 27.2 Å². The van der Waals surface area contributed by atoms with Crippen LogP contribution in [0.3, 0.4) is 0 Å². The van der Waals surface area contributed by atoms with Crippen molar-refractivity contribution in [1.82, 2.24) is 0 Å². The van der Waals surface area contributed by atoms with Crippen LogP contribution >= 0.6 is 0 Å². The number of nitrogens with zero attached hydrogens (tertiary/aromatic N) is 8. The van der Waals surface area contributed by atoms with E-state index in [0.29, 0.717) is 24.3 Å². The van der Waals surface area contributed by atoms with Gasteiger partial charge in [0.25, 0.3) is 46.2 Å². The maximum atomic E-state index is 12.1. The van der Waals surface area contributed by atoms with Crippen molar-refractivity contribution in [2.45, 2.75) is 33.4 Å². The van der Waals surface area contributed by atoms with Gasteiger partial charge in [0.05, 0.1) is 15.5 Å². The van der Waals surface area contributed by atoms with Crippen molar-refractivity contribution < 1.29 is 117 Å². The van der Waals surface area contributed by atoms with Crippen molar-refractivity contribution >= 4 is 119 Å². The molecule has 0 aliphatic carbocycles. The van der Waals surface area contributed by atoms with E-state index in [2.05, 4.69) is 36.0 Å². The zero-order chi connectivity index (χ0) is 56.6. The van der Waals surface area contributed by atoms with Gasteiger partial charge in [-0.05, 0) is 77.9 Å². The fraction of sp³-hybridized carbons (Fsp3) is 0.0488. The summed E-state index contributed by atoms with van der Waals surface area (Å²) >= 11 is 0. The van der Waals surface area contributed by atoms with Crippen molar-refractivity contribution in [1.29, 1.82) is 0 Å². The van der Waals surface area contributed by atoms with Crippen LogP contribution in [-0.2, 0) is 62.6 Å². The number of aryl methyl sites for hydroxylation is 1. The van der Waals surface area contributed by atoms with Crippen LogP contribution < -0.4 is 5.32 Å². The Labute approximate surface area is 448 Å². The number of rotatable bonds is 13. The fourth-order valence-electron chi connectivity index (χ4n) is 6.53. The van der Waals surface area contributed by atoms with Crippen molar-refractivity contribution in [3.8, 4) is 28.7 Å².